The summed E-state index contributed by atoms with van der Waals surface area (Å²) in [5, 5.41) is 9.92. The lowest BCUT2D eigenvalue weighted by molar-refractivity contribution is 0.0925. The number of hydrogen-bond acceptors (Lipinski definition) is 5. The number of amides is 2. The number of pyridine rings is 1. The Morgan fingerprint density at radius 3 is 1.61 bits per heavy atom. The number of aliphatic hydroxyl groups excluding tert-OH is 1. The van der Waals surface area contributed by atoms with E-state index in [4.69, 9.17) is 104 Å². The van der Waals surface area contributed by atoms with Crippen molar-refractivity contribution < 1.29 is 19.5 Å². The Morgan fingerprint density at radius 2 is 1.07 bits per heavy atom. The molecule has 3 aromatic carbocycles. The Labute approximate surface area is 274 Å². The van der Waals surface area contributed by atoms with Crippen LogP contribution in [-0.2, 0) is 0 Å². The van der Waals surface area contributed by atoms with Crippen LogP contribution in [0.5, 0.6) is 0 Å². The van der Waals surface area contributed by atoms with E-state index in [9.17, 15) is 19.5 Å². The van der Waals surface area contributed by atoms with Gasteiger partial charge in [0.15, 0.2) is 0 Å². The molecule has 4 aromatic rings. The standard InChI is InChI=1S/C26H5Cl9N2O4/c27-6-2-4-8(37-25(40)12-13(26(37)41)17(31)21(35)20(34)16(12)30)5-1-3-7(36-22(5)6)9-23(38)10-11(24(9)39)15(29)19(33)18(32)14(10)28/h1-4,38H. The van der Waals surface area contributed by atoms with Crippen LogP contribution >= 0.6 is 104 Å². The van der Waals surface area contributed by atoms with E-state index in [0.717, 1.165) is 4.90 Å². The number of nitrogens with zero attached hydrogens (tertiary/aromatic N) is 2. The predicted molar refractivity (Wildman–Crippen MR) is 165 cm³/mol. The van der Waals surface area contributed by atoms with Gasteiger partial charge in [0.05, 0.1) is 89.9 Å². The van der Waals surface area contributed by atoms with Gasteiger partial charge in [-0.15, -0.1) is 0 Å². The highest BCUT2D eigenvalue weighted by atomic mass is 35.5. The molecule has 15 heteroatoms. The van der Waals surface area contributed by atoms with Gasteiger partial charge in [0.2, 0.25) is 5.78 Å². The zero-order valence-corrected chi connectivity index (χ0v) is 26.1. The van der Waals surface area contributed by atoms with Gasteiger partial charge < -0.3 is 5.11 Å². The summed E-state index contributed by atoms with van der Waals surface area (Å²) in [7, 11) is 0. The predicted octanol–water partition coefficient (Wildman–Crippen LogP) is 10.5. The Bertz CT molecular complexity index is 1980. The number of carbonyl (C=O) groups is 3. The lowest BCUT2D eigenvalue weighted by Crippen LogP contribution is -2.29. The third-order valence-electron chi connectivity index (χ3n) is 6.58. The van der Waals surface area contributed by atoms with Gasteiger partial charge in [-0.2, -0.15) is 0 Å². The second kappa shape index (κ2) is 10.1. The summed E-state index contributed by atoms with van der Waals surface area (Å²) >= 11 is 56.0. The number of allylic oxidation sites excluding steroid dienone is 1. The fourth-order valence-electron chi connectivity index (χ4n) is 4.73. The topological polar surface area (TPSA) is 87.6 Å². The third-order valence-corrected chi connectivity index (χ3v) is 10.5. The lowest BCUT2D eigenvalue weighted by Gasteiger charge is -2.17. The van der Waals surface area contributed by atoms with E-state index in [1.54, 1.807) is 0 Å². The Hall–Kier alpha value is -1.97. The van der Waals surface area contributed by atoms with Crippen molar-refractivity contribution in [2.75, 3.05) is 4.90 Å². The molecule has 2 amide bonds. The number of aromatic nitrogens is 1. The minimum absolute atomic E-state index is 0.0124. The molecule has 1 aliphatic carbocycles. The number of aliphatic hydroxyl groups is 1. The van der Waals surface area contributed by atoms with Gasteiger partial charge in [-0.1, -0.05) is 104 Å². The first-order chi connectivity index (χ1) is 19.3. The molecule has 0 atom stereocenters. The van der Waals surface area contributed by atoms with Crippen molar-refractivity contribution in [2.24, 2.45) is 0 Å². The van der Waals surface area contributed by atoms with Crippen LogP contribution in [-0.4, -0.2) is 27.7 Å². The number of imide groups is 1. The van der Waals surface area contributed by atoms with E-state index in [2.05, 4.69) is 4.98 Å². The maximum absolute atomic E-state index is 13.5. The van der Waals surface area contributed by atoms with E-state index in [-0.39, 0.29) is 95.3 Å². The summed E-state index contributed by atoms with van der Waals surface area (Å²) in [5.74, 6) is -2.83. The van der Waals surface area contributed by atoms with Crippen LogP contribution in [0.15, 0.2) is 24.3 Å². The molecule has 1 N–H and O–H groups in total. The van der Waals surface area contributed by atoms with Crippen molar-refractivity contribution in [3.63, 3.8) is 0 Å². The van der Waals surface area contributed by atoms with E-state index in [0.29, 0.717) is 0 Å². The normalized spacial score (nSPS) is 14.6. The number of Topliss-reactive ketones (excluding diaryl/α,β-unsaturated/α-hetero) is 1. The van der Waals surface area contributed by atoms with Gasteiger partial charge in [0.25, 0.3) is 11.8 Å². The molecular formula is C26H5Cl9N2O4. The third kappa shape index (κ3) is 3.93. The zero-order valence-electron chi connectivity index (χ0n) is 19.3. The van der Waals surface area contributed by atoms with Crippen molar-refractivity contribution in [1.29, 1.82) is 0 Å². The Morgan fingerprint density at radius 1 is 0.585 bits per heavy atom. The molecule has 0 fully saturated rings. The van der Waals surface area contributed by atoms with Crippen LogP contribution in [0.1, 0.15) is 42.3 Å². The molecule has 6 nitrogen and oxygen atoms in total. The summed E-state index contributed by atoms with van der Waals surface area (Å²) in [4.78, 5) is 45.6. The highest BCUT2D eigenvalue weighted by Gasteiger charge is 2.43. The zero-order chi connectivity index (χ0) is 29.8. The first-order valence-corrected chi connectivity index (χ1v) is 14.4. The molecular weight excluding hydrogens is 723 g/mol. The summed E-state index contributed by atoms with van der Waals surface area (Å²) in [6, 6.07) is 5.67. The van der Waals surface area contributed by atoms with E-state index in [1.165, 1.54) is 24.3 Å². The number of anilines is 1. The van der Waals surface area contributed by atoms with Crippen LogP contribution in [0.2, 0.25) is 45.2 Å². The molecule has 0 spiro atoms. The molecule has 0 saturated carbocycles. The molecule has 2 aliphatic rings. The number of halogens is 9. The second-order valence-corrected chi connectivity index (χ2v) is 12.1. The van der Waals surface area contributed by atoms with Crippen molar-refractivity contribution in [2.45, 2.75) is 0 Å². The van der Waals surface area contributed by atoms with Crippen molar-refractivity contribution in [3.8, 4) is 0 Å². The molecule has 6 rings (SSSR count). The Kier molecular flexibility index (Phi) is 7.14. The van der Waals surface area contributed by atoms with Crippen LogP contribution in [0.25, 0.3) is 22.2 Å². The quantitative estimate of drug-likeness (QED) is 0.126. The van der Waals surface area contributed by atoms with E-state index >= 15 is 0 Å². The number of hydrogen-bond donors (Lipinski definition) is 1. The molecule has 0 unspecified atom stereocenters. The molecule has 41 heavy (non-hydrogen) atoms. The Balaban J connectivity index is 1.53. The smallest absolute Gasteiger partial charge is 0.267 e. The maximum Gasteiger partial charge on any atom is 0.267 e. The largest absolute Gasteiger partial charge is 0.506 e. The van der Waals surface area contributed by atoms with Crippen molar-refractivity contribution in [3.05, 3.63) is 97.4 Å². The lowest BCUT2D eigenvalue weighted by atomic mass is 10.0. The average Bonchev–Trinajstić information content (AvgIpc) is 3.36. The summed E-state index contributed by atoms with van der Waals surface area (Å²) < 4.78 is 0. The molecule has 2 heterocycles. The van der Waals surface area contributed by atoms with E-state index < -0.39 is 23.4 Å². The number of rotatable bonds is 2. The van der Waals surface area contributed by atoms with Gasteiger partial charge in [0.1, 0.15) is 5.76 Å². The SMILES string of the molecule is O=C1C(c2ccc3c(N4C(=O)c5c(Cl)c(Cl)c(Cl)c(Cl)c5C4=O)ccc(Cl)c3n2)=C(O)c2c(Cl)c(Cl)c(Cl)c(Cl)c21. The molecule has 1 aliphatic heterocycles. The summed E-state index contributed by atoms with van der Waals surface area (Å²) in [6.07, 6.45) is 0. The number of fused-ring (bicyclic) bond motifs is 3. The van der Waals surface area contributed by atoms with Crippen molar-refractivity contribution >= 4 is 150 Å². The van der Waals surface area contributed by atoms with E-state index in [1.807, 2.05) is 0 Å². The minimum atomic E-state index is -0.803. The van der Waals surface area contributed by atoms with Crippen LogP contribution < -0.4 is 4.90 Å². The first-order valence-electron chi connectivity index (χ1n) is 11.0. The molecule has 1 aromatic heterocycles. The average molecular weight is 728 g/mol. The summed E-state index contributed by atoms with van der Waals surface area (Å²) in [6.45, 7) is 0. The number of ketones is 1. The highest BCUT2D eigenvalue weighted by Crippen LogP contribution is 2.50. The van der Waals surface area contributed by atoms with Crippen molar-refractivity contribution in [1.82, 2.24) is 4.98 Å². The maximum atomic E-state index is 13.5. The van der Waals surface area contributed by atoms with Gasteiger partial charge in [-0.25, -0.2) is 9.88 Å². The second-order valence-electron chi connectivity index (χ2n) is 8.67. The highest BCUT2D eigenvalue weighted by molar-refractivity contribution is 6.58. The molecule has 0 bridgehead atoms. The molecule has 206 valence electrons. The fourth-order valence-corrected chi connectivity index (χ4v) is 6.98. The molecule has 0 saturated heterocycles. The van der Waals surface area contributed by atoms with Crippen LogP contribution in [0.3, 0.4) is 0 Å². The monoisotopic (exact) mass is 724 g/mol. The van der Waals surface area contributed by atoms with Gasteiger partial charge in [-0.05, 0) is 24.3 Å². The van der Waals surface area contributed by atoms with Gasteiger partial charge in [0, 0.05) is 5.39 Å². The minimum Gasteiger partial charge on any atom is -0.506 e. The summed E-state index contributed by atoms with van der Waals surface area (Å²) in [5.41, 5.74) is -0.738. The fraction of sp³-hybridized carbons (Fsp3) is 0. The van der Waals surface area contributed by atoms with Gasteiger partial charge in [-0.3, -0.25) is 14.4 Å². The first kappa shape index (κ1) is 29.1. The molecule has 0 radical (unpaired) electrons. The number of benzene rings is 3. The van der Waals surface area contributed by atoms with Crippen LogP contribution in [0.4, 0.5) is 5.69 Å². The number of carbonyl (C=O) groups excluding carboxylic acids is 3. The van der Waals surface area contributed by atoms with Gasteiger partial charge >= 0.3 is 0 Å². The van der Waals surface area contributed by atoms with Crippen LogP contribution in [0, 0.1) is 0 Å².